The predicted molar refractivity (Wildman–Crippen MR) is 132 cm³/mol. The molecule has 0 radical (unpaired) electrons. The molecule has 13 heteroatoms. The molecule has 0 aliphatic carbocycles. The minimum absolute atomic E-state index is 0.139. The summed E-state index contributed by atoms with van der Waals surface area (Å²) in [5, 5.41) is 14.1. The van der Waals surface area contributed by atoms with Crippen LogP contribution in [0.2, 0.25) is 0 Å². The van der Waals surface area contributed by atoms with E-state index in [-0.39, 0.29) is 18.1 Å². The summed E-state index contributed by atoms with van der Waals surface area (Å²) in [4.78, 5) is 21.8. The minimum Gasteiger partial charge on any atom is -0.480 e. The molecule has 1 amide bonds. The number of methoxy groups -OCH3 is 1. The van der Waals surface area contributed by atoms with E-state index in [1.54, 1.807) is 32.2 Å². The summed E-state index contributed by atoms with van der Waals surface area (Å²) in [5.41, 5.74) is 0.0328. The second kappa shape index (κ2) is 11.3. The van der Waals surface area contributed by atoms with Gasteiger partial charge in [-0.3, -0.25) is 10.2 Å². The number of anilines is 1. The fourth-order valence-electron chi connectivity index (χ4n) is 4.39. The maximum absolute atomic E-state index is 14.6. The molecule has 0 bridgehead atoms. The summed E-state index contributed by atoms with van der Waals surface area (Å²) in [5.74, 6) is -5.73. The molecule has 0 saturated carbocycles. The standard InChI is InChI=1S/C25H29F5N6O2/c1-14-6-5-7-16(8-14)17(10-32-3)20(31)22(37)36-13-24(26,27)9-15(2)19(36)12-34-23-33-11-18(25(28,29)30)21(35-23)38-4/h5-8,10-11,15,19,31-32H,9,12-13H2,1-4H3,(H,33,34,35)/b17-10-,31-20?. The number of benzene rings is 1. The zero-order valence-electron chi connectivity index (χ0n) is 21.3. The highest BCUT2D eigenvalue weighted by Gasteiger charge is 2.47. The Morgan fingerprint density at radius 2 is 2.05 bits per heavy atom. The van der Waals surface area contributed by atoms with Gasteiger partial charge >= 0.3 is 6.18 Å². The Hall–Kier alpha value is -3.77. The lowest BCUT2D eigenvalue weighted by Crippen LogP contribution is -2.58. The molecule has 2 unspecified atom stereocenters. The first-order valence-electron chi connectivity index (χ1n) is 11.7. The Morgan fingerprint density at radius 3 is 2.66 bits per heavy atom. The molecule has 2 atom stereocenters. The van der Waals surface area contributed by atoms with Gasteiger partial charge in [-0.25, -0.2) is 13.8 Å². The average molecular weight is 541 g/mol. The van der Waals surface area contributed by atoms with Gasteiger partial charge in [0.2, 0.25) is 11.8 Å². The van der Waals surface area contributed by atoms with Crippen molar-refractivity contribution in [1.29, 1.82) is 5.41 Å². The van der Waals surface area contributed by atoms with Crippen molar-refractivity contribution in [2.45, 2.75) is 38.4 Å². The molecule has 1 saturated heterocycles. The third-order valence-electron chi connectivity index (χ3n) is 6.16. The lowest BCUT2D eigenvalue weighted by molar-refractivity contribution is -0.145. The van der Waals surface area contributed by atoms with Crippen LogP contribution in [0.4, 0.5) is 27.9 Å². The number of halogens is 5. The number of nitrogens with one attached hydrogen (secondary N) is 3. The van der Waals surface area contributed by atoms with Crippen molar-refractivity contribution in [3.63, 3.8) is 0 Å². The molecule has 1 aliphatic rings. The van der Waals surface area contributed by atoms with E-state index in [2.05, 4.69) is 20.6 Å². The van der Waals surface area contributed by atoms with E-state index >= 15 is 0 Å². The number of hydrogen-bond donors (Lipinski definition) is 3. The van der Waals surface area contributed by atoms with Gasteiger partial charge in [-0.1, -0.05) is 36.8 Å². The highest BCUT2D eigenvalue weighted by Crippen LogP contribution is 2.36. The molecular weight excluding hydrogens is 511 g/mol. The molecule has 3 N–H and O–H groups in total. The average Bonchev–Trinajstić information content (AvgIpc) is 2.84. The molecule has 1 aliphatic heterocycles. The Morgan fingerprint density at radius 1 is 1.34 bits per heavy atom. The lowest BCUT2D eigenvalue weighted by Gasteiger charge is -2.43. The second-order valence-corrected chi connectivity index (χ2v) is 9.12. The summed E-state index contributed by atoms with van der Waals surface area (Å²) in [6.07, 6.45) is -3.23. The van der Waals surface area contributed by atoms with Crippen LogP contribution in [-0.4, -0.2) is 65.7 Å². The maximum Gasteiger partial charge on any atom is 0.423 e. The molecule has 1 fully saturated rings. The van der Waals surface area contributed by atoms with Gasteiger partial charge in [0.1, 0.15) is 11.3 Å². The number of alkyl halides is 5. The van der Waals surface area contributed by atoms with Gasteiger partial charge in [0.25, 0.3) is 11.8 Å². The van der Waals surface area contributed by atoms with E-state index in [1.165, 1.54) is 6.20 Å². The van der Waals surface area contributed by atoms with Crippen molar-refractivity contribution in [1.82, 2.24) is 20.2 Å². The number of rotatable bonds is 8. The third-order valence-corrected chi connectivity index (χ3v) is 6.16. The summed E-state index contributed by atoms with van der Waals surface area (Å²) >= 11 is 0. The smallest absolute Gasteiger partial charge is 0.423 e. The van der Waals surface area contributed by atoms with Crippen LogP contribution in [0.25, 0.3) is 5.57 Å². The number of piperidine rings is 1. The van der Waals surface area contributed by atoms with Crippen molar-refractivity contribution in [2.24, 2.45) is 5.92 Å². The normalized spacial score (nSPS) is 19.6. The SMILES string of the molecule is CN/C=C(\C(=N)C(=O)N1CC(F)(F)CC(C)C1CNc1ncc(C(F)(F)F)c(OC)n1)c1cccc(C)c1. The monoisotopic (exact) mass is 540 g/mol. The van der Waals surface area contributed by atoms with Crippen LogP contribution in [0.1, 0.15) is 30.0 Å². The van der Waals surface area contributed by atoms with E-state index in [1.807, 2.05) is 13.0 Å². The molecule has 2 heterocycles. The maximum atomic E-state index is 14.6. The van der Waals surface area contributed by atoms with E-state index in [0.29, 0.717) is 11.8 Å². The van der Waals surface area contributed by atoms with Crippen LogP contribution >= 0.6 is 0 Å². The van der Waals surface area contributed by atoms with Crippen molar-refractivity contribution in [2.75, 3.05) is 32.6 Å². The van der Waals surface area contributed by atoms with Gasteiger partial charge in [-0.05, 0) is 18.4 Å². The fourth-order valence-corrected chi connectivity index (χ4v) is 4.39. The summed E-state index contributed by atoms with van der Waals surface area (Å²) in [7, 11) is 2.62. The first kappa shape index (κ1) is 28.8. The van der Waals surface area contributed by atoms with E-state index in [9.17, 15) is 26.7 Å². The third kappa shape index (κ3) is 6.56. The molecule has 38 heavy (non-hydrogen) atoms. The molecule has 1 aromatic carbocycles. The van der Waals surface area contributed by atoms with Crippen molar-refractivity contribution in [3.8, 4) is 5.88 Å². The number of likely N-dealkylation sites (tertiary alicyclic amines) is 1. The van der Waals surface area contributed by atoms with Crippen molar-refractivity contribution < 1.29 is 31.5 Å². The van der Waals surface area contributed by atoms with E-state index in [4.69, 9.17) is 10.1 Å². The summed E-state index contributed by atoms with van der Waals surface area (Å²) < 4.78 is 73.3. The molecule has 2 aromatic rings. The zero-order chi connectivity index (χ0) is 28.3. The highest BCUT2D eigenvalue weighted by molar-refractivity contribution is 6.54. The van der Waals surface area contributed by atoms with Crippen LogP contribution in [0.15, 0.2) is 36.7 Å². The van der Waals surface area contributed by atoms with Crippen LogP contribution in [0.5, 0.6) is 5.88 Å². The number of aromatic nitrogens is 2. The predicted octanol–water partition coefficient (Wildman–Crippen LogP) is 4.38. The quantitative estimate of drug-likeness (QED) is 0.339. The largest absolute Gasteiger partial charge is 0.480 e. The van der Waals surface area contributed by atoms with Crippen LogP contribution in [-0.2, 0) is 11.0 Å². The topological polar surface area (TPSA) is 103 Å². The first-order valence-corrected chi connectivity index (χ1v) is 11.7. The zero-order valence-corrected chi connectivity index (χ0v) is 21.3. The fraction of sp³-hybridized carbons (Fsp3) is 0.440. The van der Waals surface area contributed by atoms with Gasteiger partial charge in [-0.15, -0.1) is 0 Å². The van der Waals surface area contributed by atoms with Gasteiger partial charge in [0, 0.05) is 38.0 Å². The molecule has 8 nitrogen and oxygen atoms in total. The van der Waals surface area contributed by atoms with Gasteiger partial charge in [0.05, 0.1) is 19.7 Å². The Balaban J connectivity index is 1.88. The minimum atomic E-state index is -4.73. The lowest BCUT2D eigenvalue weighted by atomic mass is 9.87. The van der Waals surface area contributed by atoms with E-state index < -0.39 is 60.1 Å². The van der Waals surface area contributed by atoms with Crippen LogP contribution < -0.4 is 15.4 Å². The van der Waals surface area contributed by atoms with Gasteiger partial charge in [-0.2, -0.15) is 18.2 Å². The number of nitrogens with zero attached hydrogens (tertiary/aromatic N) is 3. The molecule has 3 rings (SSSR count). The first-order chi connectivity index (χ1) is 17.8. The Bertz CT molecular complexity index is 1220. The molecular formula is C25H29F5N6O2. The summed E-state index contributed by atoms with van der Waals surface area (Å²) in [6.45, 7) is 2.34. The van der Waals surface area contributed by atoms with E-state index in [0.717, 1.165) is 17.6 Å². The highest BCUT2D eigenvalue weighted by atomic mass is 19.4. The Kier molecular flexibility index (Phi) is 8.58. The summed E-state index contributed by atoms with van der Waals surface area (Å²) in [6, 6.07) is 6.26. The van der Waals surface area contributed by atoms with Crippen molar-refractivity contribution >= 4 is 23.1 Å². The Labute approximate surface area is 216 Å². The van der Waals surface area contributed by atoms with Gasteiger partial charge in [0.15, 0.2) is 0 Å². The number of carbonyl (C=O) groups excluding carboxylic acids is 1. The molecule has 1 aromatic heterocycles. The molecule has 0 spiro atoms. The number of amides is 1. The number of aryl methyl sites for hydroxylation is 1. The van der Waals surface area contributed by atoms with Crippen LogP contribution in [0.3, 0.4) is 0 Å². The van der Waals surface area contributed by atoms with Crippen LogP contribution in [0, 0.1) is 18.3 Å². The second-order valence-electron chi connectivity index (χ2n) is 9.12. The molecule has 206 valence electrons. The van der Waals surface area contributed by atoms with Gasteiger partial charge < -0.3 is 20.3 Å². The van der Waals surface area contributed by atoms with Crippen molar-refractivity contribution in [3.05, 3.63) is 53.4 Å². The number of hydrogen-bond acceptors (Lipinski definition) is 7. The number of ether oxygens (including phenoxy) is 1. The number of carbonyl (C=O) groups is 1.